The third kappa shape index (κ3) is 7.40. The fourth-order valence-corrected chi connectivity index (χ4v) is 5.41. The number of hydrogen-bond donors (Lipinski definition) is 4. The van der Waals surface area contributed by atoms with E-state index in [0.717, 1.165) is 37.9 Å². The molecule has 0 radical (unpaired) electrons. The number of piperidine rings is 1. The zero-order valence-corrected chi connectivity index (χ0v) is 22.7. The molecule has 0 aliphatic carbocycles. The molecule has 37 heavy (non-hydrogen) atoms. The molecule has 202 valence electrons. The van der Waals surface area contributed by atoms with Gasteiger partial charge in [0.2, 0.25) is 0 Å². The first kappa shape index (κ1) is 28.4. The van der Waals surface area contributed by atoms with E-state index >= 15 is 0 Å². The molecule has 5 N–H and O–H groups in total. The Hall–Kier alpha value is -3.22. The van der Waals surface area contributed by atoms with Gasteiger partial charge < -0.3 is 26.1 Å². The molecule has 3 rings (SSSR count). The number of nitrogens with two attached hydrogens (primary N) is 1. The van der Waals surface area contributed by atoms with Crippen LogP contribution in [0.1, 0.15) is 59.1 Å². The number of urea groups is 1. The van der Waals surface area contributed by atoms with Gasteiger partial charge in [0.25, 0.3) is 5.91 Å². The highest BCUT2D eigenvalue weighted by atomic mass is 32.1. The predicted octanol–water partition coefficient (Wildman–Crippen LogP) is 2.60. The van der Waals surface area contributed by atoms with Crippen LogP contribution >= 0.6 is 11.3 Å². The molecule has 2 aromatic heterocycles. The van der Waals surface area contributed by atoms with E-state index in [1.807, 2.05) is 16.3 Å². The molecule has 1 aliphatic rings. The van der Waals surface area contributed by atoms with Crippen LogP contribution < -0.4 is 16.5 Å². The average Bonchev–Trinajstić information content (AvgIpc) is 3.40. The highest BCUT2D eigenvalue weighted by Crippen LogP contribution is 2.22. The van der Waals surface area contributed by atoms with Crippen LogP contribution in [-0.2, 0) is 11.4 Å². The lowest BCUT2D eigenvalue weighted by molar-refractivity contribution is 0.0565. The van der Waals surface area contributed by atoms with Crippen LogP contribution in [0.15, 0.2) is 28.0 Å². The van der Waals surface area contributed by atoms with E-state index in [-0.39, 0.29) is 29.9 Å². The summed E-state index contributed by atoms with van der Waals surface area (Å²) in [6.45, 7) is 8.53. The number of amidine groups is 1. The van der Waals surface area contributed by atoms with Crippen LogP contribution in [0.4, 0.5) is 4.79 Å². The number of likely N-dealkylation sites (tertiary alicyclic amines) is 1. The number of hydrogen-bond acceptors (Lipinski definition) is 8. The Balaban J connectivity index is 1.50. The number of aromatic nitrogens is 1. The largest absolute Gasteiger partial charge is 0.409 e. The minimum absolute atomic E-state index is 0.0929. The van der Waals surface area contributed by atoms with Crippen LogP contribution in [0, 0.1) is 13.8 Å². The standard InChI is InChI=1S/C25H37N7O4S/c1-16-13-21(23(26)29-35)28-18(3)22(16)24(33)27-9-5-17(2)31-10-6-20(7-11-31)32(25(34)30-36-4)14-19-8-12-37-15-19/h8,12-13,15,17,20,35H,5-7,9-11,14H2,1-4H3,(H2,26,29)(H,27,33)(H,30,34)/t17-/m1/s1. The first-order chi connectivity index (χ1) is 17.7. The molecule has 1 atom stereocenters. The molecule has 1 aliphatic heterocycles. The molecule has 1 fully saturated rings. The summed E-state index contributed by atoms with van der Waals surface area (Å²) in [7, 11) is 1.44. The van der Waals surface area contributed by atoms with Crippen molar-refractivity contribution in [1.29, 1.82) is 0 Å². The Bertz CT molecular complexity index is 1060. The van der Waals surface area contributed by atoms with Gasteiger partial charge in [-0.15, -0.1) is 0 Å². The zero-order chi connectivity index (χ0) is 26.9. The van der Waals surface area contributed by atoms with E-state index < -0.39 is 0 Å². The second kappa shape index (κ2) is 13.4. The van der Waals surface area contributed by atoms with Crippen molar-refractivity contribution in [3.05, 3.63) is 51.0 Å². The molecule has 11 nitrogen and oxygen atoms in total. The van der Waals surface area contributed by atoms with Gasteiger partial charge in [-0.2, -0.15) is 11.3 Å². The minimum Gasteiger partial charge on any atom is -0.409 e. The molecule has 3 amide bonds. The Morgan fingerprint density at radius 1 is 1.38 bits per heavy atom. The summed E-state index contributed by atoms with van der Waals surface area (Å²) in [6.07, 6.45) is 2.54. The Morgan fingerprint density at radius 3 is 2.70 bits per heavy atom. The van der Waals surface area contributed by atoms with Crippen molar-refractivity contribution in [2.75, 3.05) is 26.7 Å². The first-order valence-electron chi connectivity index (χ1n) is 12.3. The van der Waals surface area contributed by atoms with Gasteiger partial charge in [0.1, 0.15) is 5.69 Å². The lowest BCUT2D eigenvalue weighted by atomic mass is 10.0. The number of carbonyl (C=O) groups excluding carboxylic acids is 2. The maximum atomic E-state index is 12.8. The van der Waals surface area contributed by atoms with E-state index in [4.69, 9.17) is 15.8 Å². The predicted molar refractivity (Wildman–Crippen MR) is 143 cm³/mol. The van der Waals surface area contributed by atoms with Gasteiger partial charge in [-0.1, -0.05) is 5.16 Å². The highest BCUT2D eigenvalue weighted by Gasteiger charge is 2.30. The number of aryl methyl sites for hydroxylation is 2. The van der Waals surface area contributed by atoms with Crippen molar-refractivity contribution in [3.63, 3.8) is 0 Å². The van der Waals surface area contributed by atoms with Crippen LogP contribution in [0.25, 0.3) is 0 Å². The Kier molecular flexibility index (Phi) is 10.2. The fraction of sp³-hybridized carbons (Fsp3) is 0.520. The monoisotopic (exact) mass is 531 g/mol. The van der Waals surface area contributed by atoms with Crippen LogP contribution in [-0.4, -0.2) is 76.6 Å². The number of thiophene rings is 1. The number of nitrogens with one attached hydrogen (secondary N) is 2. The highest BCUT2D eigenvalue weighted by molar-refractivity contribution is 7.07. The molecular weight excluding hydrogens is 494 g/mol. The molecule has 3 heterocycles. The quantitative estimate of drug-likeness (QED) is 0.160. The van der Waals surface area contributed by atoms with Crippen molar-refractivity contribution < 1.29 is 19.6 Å². The van der Waals surface area contributed by atoms with E-state index in [1.54, 1.807) is 31.3 Å². The molecule has 0 bridgehead atoms. The van der Waals surface area contributed by atoms with Gasteiger partial charge in [-0.05, 0) is 74.1 Å². The number of nitrogens with zero attached hydrogens (tertiary/aromatic N) is 4. The van der Waals surface area contributed by atoms with Crippen molar-refractivity contribution >= 4 is 29.1 Å². The normalized spacial score (nSPS) is 15.8. The van der Waals surface area contributed by atoms with Crippen LogP contribution in [0.2, 0.25) is 0 Å². The van der Waals surface area contributed by atoms with Gasteiger partial charge in [0.15, 0.2) is 5.84 Å². The minimum atomic E-state index is -0.220. The summed E-state index contributed by atoms with van der Waals surface area (Å²) in [5.41, 5.74) is 11.3. The van der Waals surface area contributed by atoms with Gasteiger partial charge in [-0.25, -0.2) is 15.3 Å². The topological polar surface area (TPSA) is 145 Å². The second-order valence-corrected chi connectivity index (χ2v) is 10.1. The maximum absolute atomic E-state index is 12.8. The van der Waals surface area contributed by atoms with Crippen LogP contribution in [0.5, 0.6) is 0 Å². The van der Waals surface area contributed by atoms with E-state index in [0.29, 0.717) is 35.6 Å². The lowest BCUT2D eigenvalue weighted by Gasteiger charge is -2.40. The average molecular weight is 532 g/mol. The Labute approximate surface area is 221 Å². The zero-order valence-electron chi connectivity index (χ0n) is 21.9. The lowest BCUT2D eigenvalue weighted by Crippen LogP contribution is -2.51. The number of amides is 3. The van der Waals surface area contributed by atoms with Crippen molar-refractivity contribution in [2.45, 2.75) is 58.7 Å². The molecule has 12 heteroatoms. The van der Waals surface area contributed by atoms with E-state index in [9.17, 15) is 9.59 Å². The molecule has 1 saturated heterocycles. The molecule has 0 spiro atoms. The van der Waals surface area contributed by atoms with E-state index in [2.05, 4.69) is 38.1 Å². The number of carbonyl (C=O) groups is 2. The smallest absolute Gasteiger partial charge is 0.341 e. The number of hydroxylamine groups is 1. The SMILES string of the molecule is CONC(=O)N(Cc1ccsc1)C1CCN([C@H](C)CCNC(=O)c2c(C)cc(/C(N)=N/O)nc2C)CC1. The summed E-state index contributed by atoms with van der Waals surface area (Å²) in [5, 5.41) is 18.9. The summed E-state index contributed by atoms with van der Waals surface area (Å²) in [5.74, 6) is -0.280. The van der Waals surface area contributed by atoms with Crippen molar-refractivity contribution in [1.82, 2.24) is 25.6 Å². The first-order valence-corrected chi connectivity index (χ1v) is 13.3. The summed E-state index contributed by atoms with van der Waals surface area (Å²) < 4.78 is 0. The third-order valence-electron chi connectivity index (χ3n) is 6.79. The molecule has 0 aromatic carbocycles. The molecule has 0 unspecified atom stereocenters. The van der Waals surface area contributed by atoms with Crippen LogP contribution in [0.3, 0.4) is 0 Å². The van der Waals surface area contributed by atoms with Gasteiger partial charge in [-0.3, -0.25) is 9.63 Å². The van der Waals surface area contributed by atoms with Crippen molar-refractivity contribution in [3.8, 4) is 0 Å². The second-order valence-electron chi connectivity index (χ2n) is 9.30. The summed E-state index contributed by atoms with van der Waals surface area (Å²) in [6, 6.07) is 3.86. The maximum Gasteiger partial charge on any atom is 0.341 e. The number of rotatable bonds is 10. The van der Waals surface area contributed by atoms with Crippen molar-refractivity contribution in [2.24, 2.45) is 10.9 Å². The fourth-order valence-electron chi connectivity index (χ4n) is 4.75. The third-order valence-corrected chi connectivity index (χ3v) is 7.52. The number of oxime groups is 1. The Morgan fingerprint density at radius 2 is 2.11 bits per heavy atom. The number of pyridine rings is 1. The van der Waals surface area contributed by atoms with Gasteiger partial charge in [0.05, 0.1) is 18.4 Å². The van der Waals surface area contributed by atoms with E-state index in [1.165, 1.54) is 7.11 Å². The molecule has 0 saturated carbocycles. The molecule has 2 aromatic rings. The summed E-state index contributed by atoms with van der Waals surface area (Å²) >= 11 is 1.62. The van der Waals surface area contributed by atoms with Gasteiger partial charge >= 0.3 is 6.03 Å². The summed E-state index contributed by atoms with van der Waals surface area (Å²) in [4.78, 5) is 38.9. The van der Waals surface area contributed by atoms with Gasteiger partial charge in [0, 0.05) is 38.3 Å². The molecular formula is C25H37N7O4S.